The van der Waals surface area contributed by atoms with Crippen LogP contribution in [0.4, 0.5) is 20.4 Å². The van der Waals surface area contributed by atoms with Gasteiger partial charge in [0.15, 0.2) is 23.3 Å². The van der Waals surface area contributed by atoms with Gasteiger partial charge in [0, 0.05) is 31.4 Å². The predicted octanol–water partition coefficient (Wildman–Crippen LogP) is 1.55. The lowest BCUT2D eigenvalue weighted by Crippen LogP contribution is -2.13. The van der Waals surface area contributed by atoms with Crippen molar-refractivity contribution in [2.45, 2.75) is 19.9 Å². The third-order valence-corrected chi connectivity index (χ3v) is 2.84. The summed E-state index contributed by atoms with van der Waals surface area (Å²) in [5.41, 5.74) is 3.93. The van der Waals surface area contributed by atoms with Crippen LogP contribution in [-0.2, 0) is 20.0 Å². The average Bonchev–Trinajstić information content (AvgIpc) is 2.78. The highest BCUT2D eigenvalue weighted by Gasteiger charge is 2.12. The molecule has 0 spiro atoms. The Morgan fingerprint density at radius 2 is 2.00 bits per heavy atom. The lowest BCUT2D eigenvalue weighted by Gasteiger charge is -2.09. The van der Waals surface area contributed by atoms with Crippen LogP contribution < -0.4 is 16.6 Å². The van der Waals surface area contributed by atoms with Crippen LogP contribution in [-0.4, -0.2) is 14.8 Å². The smallest absolute Gasteiger partial charge is 0.178 e. The topological polar surface area (TPSA) is 80.8 Å². The number of anilines is 2. The Morgan fingerprint density at radius 1 is 1.30 bits per heavy atom. The molecule has 0 unspecified atom stereocenters. The number of rotatable bonds is 5. The largest absolute Gasteiger partial charge is 0.363 e. The zero-order valence-corrected chi connectivity index (χ0v) is 11.2. The molecule has 2 aromatic rings. The predicted molar refractivity (Wildman–Crippen MR) is 71.9 cm³/mol. The number of nitrogens with two attached hydrogens (primary N) is 1. The molecule has 6 nitrogen and oxygen atoms in total. The van der Waals surface area contributed by atoms with E-state index in [1.807, 2.05) is 20.2 Å². The van der Waals surface area contributed by atoms with E-state index in [1.54, 1.807) is 4.68 Å². The van der Waals surface area contributed by atoms with Gasteiger partial charge < -0.3 is 10.7 Å². The third-order valence-electron chi connectivity index (χ3n) is 2.84. The van der Waals surface area contributed by atoms with Gasteiger partial charge in [-0.1, -0.05) is 6.92 Å². The standard InChI is InChI=1S/C12H16F2N6/c1-3-10-7(6-20(2)19-10)5-16-11-8(13)4-9(14)12(17-11)18-15/h4,6H,3,5,15H2,1-2H3,(H2,16,17,18). The summed E-state index contributed by atoms with van der Waals surface area (Å²) in [7, 11) is 1.82. The fourth-order valence-corrected chi connectivity index (χ4v) is 1.90. The number of hydrogen-bond acceptors (Lipinski definition) is 5. The summed E-state index contributed by atoms with van der Waals surface area (Å²) in [6.07, 6.45) is 2.61. The molecule has 20 heavy (non-hydrogen) atoms. The highest BCUT2D eigenvalue weighted by Crippen LogP contribution is 2.19. The summed E-state index contributed by atoms with van der Waals surface area (Å²) in [6.45, 7) is 2.33. The van der Waals surface area contributed by atoms with Crippen LogP contribution in [0.2, 0.25) is 0 Å². The number of nitrogens with one attached hydrogen (secondary N) is 2. The Bertz CT molecular complexity index is 610. The van der Waals surface area contributed by atoms with E-state index < -0.39 is 11.6 Å². The summed E-state index contributed by atoms with van der Waals surface area (Å²) in [4.78, 5) is 3.74. The van der Waals surface area contributed by atoms with Crippen molar-refractivity contribution in [1.29, 1.82) is 0 Å². The molecule has 2 rings (SSSR count). The van der Waals surface area contributed by atoms with E-state index in [9.17, 15) is 8.78 Å². The van der Waals surface area contributed by atoms with Gasteiger partial charge in [-0.25, -0.2) is 19.6 Å². The van der Waals surface area contributed by atoms with Crippen LogP contribution in [0.25, 0.3) is 0 Å². The molecule has 0 fully saturated rings. The molecule has 108 valence electrons. The van der Waals surface area contributed by atoms with Crippen LogP contribution in [0.5, 0.6) is 0 Å². The highest BCUT2D eigenvalue weighted by molar-refractivity contribution is 5.47. The molecule has 0 saturated carbocycles. The number of aromatic nitrogens is 3. The minimum absolute atomic E-state index is 0.0646. The van der Waals surface area contributed by atoms with E-state index >= 15 is 0 Å². The molecule has 0 radical (unpaired) electrons. The minimum atomic E-state index is -0.842. The second kappa shape index (κ2) is 5.83. The number of hydrazine groups is 1. The summed E-state index contributed by atoms with van der Waals surface area (Å²) in [5, 5.41) is 7.10. The SMILES string of the molecule is CCc1nn(C)cc1CNc1nc(NN)c(F)cc1F. The maximum absolute atomic E-state index is 13.6. The first-order valence-electron chi connectivity index (χ1n) is 6.13. The number of nitrogen functional groups attached to an aromatic ring is 1. The molecule has 0 aliphatic rings. The van der Waals surface area contributed by atoms with Crippen molar-refractivity contribution < 1.29 is 8.78 Å². The fourth-order valence-electron chi connectivity index (χ4n) is 1.90. The quantitative estimate of drug-likeness (QED) is 0.572. The fraction of sp³-hybridized carbons (Fsp3) is 0.333. The van der Waals surface area contributed by atoms with Gasteiger partial charge in [0.1, 0.15) is 0 Å². The Balaban J connectivity index is 2.18. The molecule has 0 saturated heterocycles. The Hall–Kier alpha value is -2.22. The molecular formula is C12H16F2N6. The molecule has 0 amide bonds. The summed E-state index contributed by atoms with van der Waals surface area (Å²) in [5.74, 6) is 3.22. The second-order valence-corrected chi connectivity index (χ2v) is 4.28. The summed E-state index contributed by atoms with van der Waals surface area (Å²) < 4.78 is 28.5. The van der Waals surface area contributed by atoms with Gasteiger partial charge in [-0.2, -0.15) is 5.10 Å². The van der Waals surface area contributed by atoms with Crippen LogP contribution in [0.3, 0.4) is 0 Å². The van der Waals surface area contributed by atoms with Gasteiger partial charge in [0.2, 0.25) is 0 Å². The van der Waals surface area contributed by atoms with Gasteiger partial charge in [-0.05, 0) is 6.42 Å². The molecule has 4 N–H and O–H groups in total. The van der Waals surface area contributed by atoms with E-state index in [0.717, 1.165) is 23.7 Å². The Morgan fingerprint density at radius 3 is 2.65 bits per heavy atom. The van der Waals surface area contributed by atoms with Crippen LogP contribution in [0, 0.1) is 11.6 Å². The van der Waals surface area contributed by atoms with Gasteiger partial charge in [-0.3, -0.25) is 4.68 Å². The molecule has 2 aromatic heterocycles. The maximum Gasteiger partial charge on any atom is 0.178 e. The zero-order valence-electron chi connectivity index (χ0n) is 11.2. The van der Waals surface area contributed by atoms with Crippen molar-refractivity contribution in [1.82, 2.24) is 14.8 Å². The second-order valence-electron chi connectivity index (χ2n) is 4.28. The first-order valence-corrected chi connectivity index (χ1v) is 6.13. The lowest BCUT2D eigenvalue weighted by atomic mass is 10.2. The minimum Gasteiger partial charge on any atom is -0.363 e. The summed E-state index contributed by atoms with van der Waals surface area (Å²) >= 11 is 0. The van der Waals surface area contributed by atoms with E-state index in [0.29, 0.717) is 6.54 Å². The zero-order chi connectivity index (χ0) is 14.7. The molecule has 2 heterocycles. The van der Waals surface area contributed by atoms with Crippen LogP contribution in [0.15, 0.2) is 12.3 Å². The average molecular weight is 282 g/mol. The normalized spacial score (nSPS) is 10.7. The molecular weight excluding hydrogens is 266 g/mol. The first-order chi connectivity index (χ1) is 9.55. The highest BCUT2D eigenvalue weighted by atomic mass is 19.1. The monoisotopic (exact) mass is 282 g/mol. The van der Waals surface area contributed by atoms with E-state index in [1.165, 1.54) is 0 Å². The molecule has 0 aromatic carbocycles. The maximum atomic E-state index is 13.6. The van der Waals surface area contributed by atoms with Crippen molar-refractivity contribution in [3.63, 3.8) is 0 Å². The molecule has 0 aliphatic carbocycles. The number of halogens is 2. The van der Waals surface area contributed by atoms with E-state index in [4.69, 9.17) is 5.84 Å². The van der Waals surface area contributed by atoms with Gasteiger partial charge >= 0.3 is 0 Å². The van der Waals surface area contributed by atoms with Gasteiger partial charge in [0.05, 0.1) is 5.69 Å². The Labute approximate surface area is 115 Å². The number of hydrogen-bond donors (Lipinski definition) is 3. The van der Waals surface area contributed by atoms with Crippen molar-refractivity contribution in [3.8, 4) is 0 Å². The molecule has 8 heteroatoms. The van der Waals surface area contributed by atoms with Crippen LogP contribution in [0.1, 0.15) is 18.2 Å². The molecule has 0 atom stereocenters. The number of pyridine rings is 1. The van der Waals surface area contributed by atoms with Gasteiger partial charge in [0.25, 0.3) is 0 Å². The van der Waals surface area contributed by atoms with Crippen molar-refractivity contribution in [2.24, 2.45) is 12.9 Å². The van der Waals surface area contributed by atoms with Crippen molar-refractivity contribution in [2.75, 3.05) is 10.7 Å². The van der Waals surface area contributed by atoms with Crippen molar-refractivity contribution >= 4 is 11.6 Å². The third kappa shape index (κ3) is 2.85. The Kier molecular flexibility index (Phi) is 4.14. The lowest BCUT2D eigenvalue weighted by molar-refractivity contribution is 0.578. The molecule has 0 aliphatic heterocycles. The van der Waals surface area contributed by atoms with Crippen molar-refractivity contribution in [3.05, 3.63) is 35.2 Å². The molecule has 0 bridgehead atoms. The number of aryl methyl sites for hydroxylation is 2. The number of nitrogens with zero attached hydrogens (tertiary/aromatic N) is 3. The summed E-state index contributed by atoms with van der Waals surface area (Å²) in [6, 6.07) is 0.731. The van der Waals surface area contributed by atoms with E-state index in [2.05, 4.69) is 20.8 Å². The van der Waals surface area contributed by atoms with Gasteiger partial charge in [-0.15, -0.1) is 0 Å². The van der Waals surface area contributed by atoms with Crippen LogP contribution >= 0.6 is 0 Å². The first kappa shape index (κ1) is 14.2. The van der Waals surface area contributed by atoms with E-state index in [-0.39, 0.29) is 11.6 Å².